The Morgan fingerprint density at radius 1 is 1.39 bits per heavy atom. The molecule has 0 radical (unpaired) electrons. The normalized spacial score (nSPS) is 34.3. The molecule has 0 spiro atoms. The van der Waals surface area contributed by atoms with Crippen molar-refractivity contribution < 1.29 is 19.0 Å². The topological polar surface area (TPSA) is 56.8 Å². The first-order valence-corrected chi connectivity index (χ1v) is 9.19. The van der Waals surface area contributed by atoms with Gasteiger partial charge in [-0.1, -0.05) is 41.9 Å². The lowest BCUT2D eigenvalue weighted by Crippen LogP contribution is -2.53. The molecule has 0 aromatic carbocycles. The van der Waals surface area contributed by atoms with Crippen molar-refractivity contribution in [3.8, 4) is 0 Å². The highest BCUT2D eigenvalue weighted by Crippen LogP contribution is 2.36. The van der Waals surface area contributed by atoms with E-state index in [1.54, 1.807) is 6.08 Å². The molecule has 0 unspecified atom stereocenters. The minimum Gasteiger partial charge on any atom is -0.379 e. The fourth-order valence-electron chi connectivity index (χ4n) is 2.67. The van der Waals surface area contributed by atoms with Gasteiger partial charge in [-0.3, -0.25) is 10.1 Å². The fraction of sp³-hybridized carbons (Fsp3) is 0.706. The fourth-order valence-corrected chi connectivity index (χ4v) is 3.11. The summed E-state index contributed by atoms with van der Waals surface area (Å²) in [5.41, 5.74) is 1.32. The van der Waals surface area contributed by atoms with E-state index in [1.807, 2.05) is 40.7 Å². The Bertz CT molecular complexity index is 464. The van der Waals surface area contributed by atoms with Crippen molar-refractivity contribution in [2.75, 3.05) is 19.8 Å². The smallest absolute Gasteiger partial charge is 0.281 e. The Labute approximate surface area is 147 Å². The van der Waals surface area contributed by atoms with Gasteiger partial charge >= 0.3 is 0 Å². The lowest BCUT2D eigenvalue weighted by molar-refractivity contribution is -0.252. The van der Waals surface area contributed by atoms with Gasteiger partial charge in [0.05, 0.1) is 12.7 Å². The Hall–Kier alpha value is -0.690. The first kappa shape index (κ1) is 20.4. The average molecular weight is 390 g/mol. The van der Waals surface area contributed by atoms with Crippen LogP contribution in [-0.4, -0.2) is 42.6 Å². The van der Waals surface area contributed by atoms with Gasteiger partial charge in [0, 0.05) is 29.2 Å². The van der Waals surface area contributed by atoms with Crippen LogP contribution < -0.4 is 5.32 Å². The first-order valence-electron chi connectivity index (χ1n) is 8.27. The standard InChI is InChI=1S/C15H22BrNO4.C2H6/c1-4-10-11(5-2)15(20-6-3,17-14(10)18)21-13-9-19-8-7-12(13)16;1-2/h4-5,12-13H,6-9H2,1-3H3,(H,17,18);1-2H3/b10-4+,11-5+;/t12-,13-,15+;/m1./s1. The number of halogens is 1. The Balaban J connectivity index is 0.00000127. The summed E-state index contributed by atoms with van der Waals surface area (Å²) in [6.07, 6.45) is 4.31. The molecule has 0 aromatic rings. The van der Waals surface area contributed by atoms with Crippen molar-refractivity contribution in [1.82, 2.24) is 5.32 Å². The highest BCUT2D eigenvalue weighted by atomic mass is 79.9. The molecule has 1 N–H and O–H groups in total. The second-order valence-electron chi connectivity index (χ2n) is 4.94. The molecule has 3 atom stereocenters. The number of nitrogens with one attached hydrogen (secondary N) is 1. The molecule has 6 heteroatoms. The lowest BCUT2D eigenvalue weighted by atomic mass is 10.1. The third-order valence-corrected chi connectivity index (χ3v) is 4.68. The minimum atomic E-state index is -1.22. The molecule has 2 aliphatic rings. The molecule has 23 heavy (non-hydrogen) atoms. The van der Waals surface area contributed by atoms with Gasteiger partial charge in [0.25, 0.3) is 11.8 Å². The number of carbonyl (C=O) groups is 1. The van der Waals surface area contributed by atoms with Crippen molar-refractivity contribution in [2.24, 2.45) is 0 Å². The number of carbonyl (C=O) groups excluding carboxylic acids is 1. The number of hydrogen-bond donors (Lipinski definition) is 1. The average Bonchev–Trinajstić information content (AvgIpc) is 2.82. The molecule has 5 nitrogen and oxygen atoms in total. The minimum absolute atomic E-state index is 0.174. The second-order valence-corrected chi connectivity index (χ2v) is 6.12. The summed E-state index contributed by atoms with van der Waals surface area (Å²) in [5, 5.41) is 2.84. The summed E-state index contributed by atoms with van der Waals surface area (Å²) < 4.78 is 17.4. The number of rotatable bonds is 4. The molecule has 2 heterocycles. The maximum atomic E-state index is 12.2. The number of amides is 1. The largest absolute Gasteiger partial charge is 0.379 e. The van der Waals surface area contributed by atoms with E-state index in [0.717, 1.165) is 12.0 Å². The molecule has 0 aliphatic carbocycles. The van der Waals surface area contributed by atoms with Crippen LogP contribution in [0.5, 0.6) is 0 Å². The molecule has 2 rings (SSSR count). The van der Waals surface area contributed by atoms with Crippen LogP contribution in [0.25, 0.3) is 0 Å². The van der Waals surface area contributed by atoms with Crippen molar-refractivity contribution in [3.63, 3.8) is 0 Å². The van der Waals surface area contributed by atoms with Gasteiger partial charge in [0.15, 0.2) is 0 Å². The first-order chi connectivity index (χ1) is 11.1. The zero-order valence-corrected chi connectivity index (χ0v) is 16.2. The van der Waals surface area contributed by atoms with Crippen LogP contribution in [0, 0.1) is 0 Å². The molecular weight excluding hydrogens is 362 g/mol. The Morgan fingerprint density at radius 3 is 2.61 bits per heavy atom. The maximum absolute atomic E-state index is 12.2. The number of alkyl halides is 1. The second kappa shape index (κ2) is 9.57. The molecule has 0 aromatic heterocycles. The van der Waals surface area contributed by atoms with E-state index >= 15 is 0 Å². The number of ether oxygens (including phenoxy) is 3. The summed E-state index contributed by atoms with van der Waals surface area (Å²) in [5.74, 6) is -1.40. The molecular formula is C17H28BrNO4. The summed E-state index contributed by atoms with van der Waals surface area (Å²) in [6.45, 7) is 11.2. The van der Waals surface area contributed by atoms with Gasteiger partial charge < -0.3 is 14.2 Å². The highest BCUT2D eigenvalue weighted by molar-refractivity contribution is 9.09. The molecule has 2 saturated heterocycles. The van der Waals surface area contributed by atoms with Crippen molar-refractivity contribution in [1.29, 1.82) is 0 Å². The quantitative estimate of drug-likeness (QED) is 0.455. The Kier molecular flexibility index (Phi) is 8.47. The van der Waals surface area contributed by atoms with Gasteiger partial charge in [-0.05, 0) is 27.2 Å². The summed E-state index contributed by atoms with van der Waals surface area (Å²) in [7, 11) is 0. The van der Waals surface area contributed by atoms with E-state index in [9.17, 15) is 4.79 Å². The van der Waals surface area contributed by atoms with Crippen molar-refractivity contribution in [2.45, 2.75) is 57.9 Å². The third kappa shape index (κ3) is 4.44. The molecule has 2 fully saturated rings. The van der Waals surface area contributed by atoms with Crippen LogP contribution >= 0.6 is 15.9 Å². The van der Waals surface area contributed by atoms with E-state index in [2.05, 4.69) is 21.2 Å². The van der Waals surface area contributed by atoms with Crippen LogP contribution in [-0.2, 0) is 19.0 Å². The van der Waals surface area contributed by atoms with Crippen LogP contribution in [0.15, 0.2) is 23.3 Å². The van der Waals surface area contributed by atoms with E-state index in [0.29, 0.717) is 25.4 Å². The zero-order valence-electron chi connectivity index (χ0n) is 14.6. The highest BCUT2D eigenvalue weighted by Gasteiger charge is 2.50. The third-order valence-electron chi connectivity index (χ3n) is 3.63. The monoisotopic (exact) mass is 389 g/mol. The van der Waals surface area contributed by atoms with Gasteiger partial charge in [-0.15, -0.1) is 0 Å². The molecule has 1 amide bonds. The predicted molar refractivity (Wildman–Crippen MR) is 94.4 cm³/mol. The lowest BCUT2D eigenvalue weighted by Gasteiger charge is -2.37. The predicted octanol–water partition coefficient (Wildman–Crippen LogP) is 3.29. The van der Waals surface area contributed by atoms with E-state index in [-0.39, 0.29) is 16.8 Å². The maximum Gasteiger partial charge on any atom is 0.281 e. The molecule has 0 saturated carbocycles. The molecule has 0 bridgehead atoms. The summed E-state index contributed by atoms with van der Waals surface area (Å²) >= 11 is 3.62. The number of allylic oxidation sites excluding steroid dienone is 2. The SMILES string of the molecule is C/C=C1/C(=O)N[C@@](OCC)(O[C@@H]2COCC[C@H]2Br)/C1=C/C.CC. The van der Waals surface area contributed by atoms with Gasteiger partial charge in [0.2, 0.25) is 0 Å². The molecule has 2 aliphatic heterocycles. The van der Waals surface area contributed by atoms with Gasteiger partial charge in [-0.2, -0.15) is 0 Å². The summed E-state index contributed by atoms with van der Waals surface area (Å²) in [4.78, 5) is 12.3. The van der Waals surface area contributed by atoms with E-state index in [1.165, 1.54) is 0 Å². The van der Waals surface area contributed by atoms with Crippen molar-refractivity contribution >= 4 is 21.8 Å². The van der Waals surface area contributed by atoms with Gasteiger partial charge in [-0.25, -0.2) is 0 Å². The zero-order chi connectivity index (χ0) is 17.5. The summed E-state index contributed by atoms with van der Waals surface area (Å²) in [6, 6.07) is 0. The van der Waals surface area contributed by atoms with E-state index < -0.39 is 5.91 Å². The van der Waals surface area contributed by atoms with Crippen LogP contribution in [0.2, 0.25) is 0 Å². The van der Waals surface area contributed by atoms with E-state index in [4.69, 9.17) is 14.2 Å². The van der Waals surface area contributed by atoms with Crippen LogP contribution in [0.3, 0.4) is 0 Å². The number of hydrogen-bond acceptors (Lipinski definition) is 4. The van der Waals surface area contributed by atoms with Gasteiger partial charge in [0.1, 0.15) is 0 Å². The Morgan fingerprint density at radius 2 is 2.09 bits per heavy atom. The van der Waals surface area contributed by atoms with Crippen LogP contribution in [0.4, 0.5) is 0 Å². The molecule has 132 valence electrons. The van der Waals surface area contributed by atoms with Crippen molar-refractivity contribution in [3.05, 3.63) is 23.3 Å². The van der Waals surface area contributed by atoms with Crippen LogP contribution in [0.1, 0.15) is 41.0 Å².